The van der Waals surface area contributed by atoms with Crippen molar-refractivity contribution in [2.75, 3.05) is 6.61 Å². The van der Waals surface area contributed by atoms with Crippen molar-refractivity contribution < 1.29 is 23.9 Å². The van der Waals surface area contributed by atoms with Gasteiger partial charge in [-0.2, -0.15) is 0 Å². The van der Waals surface area contributed by atoms with Gasteiger partial charge in [-0.15, -0.1) is 0 Å². The lowest BCUT2D eigenvalue weighted by Gasteiger charge is -2.22. The molecule has 9 nitrogen and oxygen atoms in total. The van der Waals surface area contributed by atoms with Gasteiger partial charge in [0.05, 0.1) is 6.61 Å². The Balaban J connectivity index is 1.79. The largest absolute Gasteiger partial charge is 0.463 e. The van der Waals surface area contributed by atoms with Gasteiger partial charge in [0.2, 0.25) is 11.8 Å². The van der Waals surface area contributed by atoms with Crippen molar-refractivity contribution in [3.05, 3.63) is 94.6 Å². The van der Waals surface area contributed by atoms with Crippen molar-refractivity contribution in [1.82, 2.24) is 15.6 Å². The van der Waals surface area contributed by atoms with Gasteiger partial charge in [-0.05, 0) is 37.1 Å². The molecule has 204 valence electrons. The Morgan fingerprint density at radius 3 is 2.41 bits per heavy atom. The fourth-order valence-electron chi connectivity index (χ4n) is 3.84. The first-order valence-corrected chi connectivity index (χ1v) is 13.3. The number of benzene rings is 2. The molecule has 39 heavy (non-hydrogen) atoms. The predicted molar refractivity (Wildman–Crippen MR) is 151 cm³/mol. The van der Waals surface area contributed by atoms with E-state index in [9.17, 15) is 19.2 Å². The number of halogens is 1. The van der Waals surface area contributed by atoms with Gasteiger partial charge in [0.1, 0.15) is 11.7 Å². The minimum atomic E-state index is -0.942. The van der Waals surface area contributed by atoms with E-state index < -0.39 is 35.8 Å². The molecule has 0 radical (unpaired) electrons. The first kappa shape index (κ1) is 29.4. The molecule has 3 aromatic rings. The van der Waals surface area contributed by atoms with E-state index in [0.29, 0.717) is 5.69 Å². The van der Waals surface area contributed by atoms with E-state index in [0.717, 1.165) is 21.3 Å². The maximum atomic E-state index is 13.4. The fourth-order valence-corrected chi connectivity index (χ4v) is 4.34. The zero-order valence-corrected chi connectivity index (χ0v) is 23.1. The summed E-state index contributed by atoms with van der Waals surface area (Å²) in [5.74, 6) is -2.05. The molecule has 5 N–H and O–H groups in total. The van der Waals surface area contributed by atoms with Gasteiger partial charge >= 0.3 is 5.97 Å². The summed E-state index contributed by atoms with van der Waals surface area (Å²) in [5.41, 5.74) is 8.06. The van der Waals surface area contributed by atoms with Crippen LogP contribution in [0.2, 0.25) is 0 Å². The summed E-state index contributed by atoms with van der Waals surface area (Å²) in [5, 5.41) is 5.63. The number of H-pyrrole nitrogens is 1. The number of carbonyl (C=O) groups is 4. The Kier molecular flexibility index (Phi) is 11.1. The topological polar surface area (TPSA) is 143 Å². The molecule has 0 saturated heterocycles. The highest BCUT2D eigenvalue weighted by Gasteiger charge is 2.25. The Morgan fingerprint density at radius 2 is 1.72 bits per heavy atom. The number of esters is 1. The summed E-state index contributed by atoms with van der Waals surface area (Å²) in [6.45, 7) is 1.88. The highest BCUT2D eigenvalue weighted by atomic mass is 79.9. The molecule has 0 bridgehead atoms. The van der Waals surface area contributed by atoms with E-state index >= 15 is 0 Å². The van der Waals surface area contributed by atoms with Crippen LogP contribution in [0.25, 0.3) is 11.3 Å². The molecule has 0 saturated carbocycles. The van der Waals surface area contributed by atoms with Crippen molar-refractivity contribution in [2.24, 2.45) is 5.73 Å². The van der Waals surface area contributed by atoms with Gasteiger partial charge in [0, 0.05) is 40.7 Å². The summed E-state index contributed by atoms with van der Waals surface area (Å²) in [6.07, 6.45) is 3.04. The number of nitrogens with two attached hydrogens (primary N) is 1. The molecule has 0 aliphatic rings. The Morgan fingerprint density at radius 1 is 1.00 bits per heavy atom. The number of carbonyl (C=O) groups excluding carboxylic acids is 4. The lowest BCUT2D eigenvalue weighted by Crippen LogP contribution is -2.50. The molecule has 1 aromatic heterocycles. The van der Waals surface area contributed by atoms with E-state index in [1.165, 1.54) is 12.2 Å². The van der Waals surface area contributed by atoms with E-state index in [1.807, 2.05) is 54.6 Å². The van der Waals surface area contributed by atoms with Crippen LogP contribution in [0.4, 0.5) is 0 Å². The van der Waals surface area contributed by atoms with Crippen molar-refractivity contribution >= 4 is 39.6 Å². The van der Waals surface area contributed by atoms with Gasteiger partial charge in [0.25, 0.3) is 5.91 Å². The molecular formula is C29H31BrN4O5. The van der Waals surface area contributed by atoms with E-state index in [1.54, 1.807) is 19.1 Å². The van der Waals surface area contributed by atoms with Crippen LogP contribution in [0.1, 0.15) is 35.8 Å². The molecular weight excluding hydrogens is 564 g/mol. The molecule has 0 aliphatic carbocycles. The van der Waals surface area contributed by atoms with E-state index in [2.05, 4.69) is 31.5 Å². The van der Waals surface area contributed by atoms with Crippen LogP contribution in [0.3, 0.4) is 0 Å². The quantitative estimate of drug-likeness (QED) is 0.176. The molecule has 0 spiro atoms. The van der Waals surface area contributed by atoms with Gasteiger partial charge in [-0.25, -0.2) is 4.79 Å². The minimum Gasteiger partial charge on any atom is -0.463 e. The number of rotatable bonds is 13. The molecule has 0 aliphatic heterocycles. The summed E-state index contributed by atoms with van der Waals surface area (Å²) < 4.78 is 5.77. The van der Waals surface area contributed by atoms with Gasteiger partial charge in [-0.3, -0.25) is 14.4 Å². The lowest BCUT2D eigenvalue weighted by molar-refractivity contribution is -0.137. The molecule has 0 unspecified atom stereocenters. The zero-order valence-electron chi connectivity index (χ0n) is 21.5. The summed E-state index contributed by atoms with van der Waals surface area (Å²) in [4.78, 5) is 52.9. The SMILES string of the molecule is CCOC(=O)C=C[C@H](CCC(N)=O)NC(=O)[C@H](Cc1ccccc1)NC(=O)c1ccc(-c2ccccc2Br)[nH]1. The van der Waals surface area contributed by atoms with E-state index in [4.69, 9.17) is 10.5 Å². The summed E-state index contributed by atoms with van der Waals surface area (Å²) in [6, 6.07) is 18.7. The highest BCUT2D eigenvalue weighted by Crippen LogP contribution is 2.27. The summed E-state index contributed by atoms with van der Waals surface area (Å²) >= 11 is 3.51. The van der Waals surface area contributed by atoms with Crippen LogP contribution in [0, 0.1) is 0 Å². The van der Waals surface area contributed by atoms with Gasteiger partial charge in [-0.1, -0.05) is 70.5 Å². The lowest BCUT2D eigenvalue weighted by atomic mass is 10.0. The average molecular weight is 595 g/mol. The predicted octanol–water partition coefficient (Wildman–Crippen LogP) is 3.65. The van der Waals surface area contributed by atoms with Gasteiger partial charge in [0.15, 0.2) is 0 Å². The van der Waals surface area contributed by atoms with Crippen LogP contribution in [-0.4, -0.2) is 47.4 Å². The maximum Gasteiger partial charge on any atom is 0.330 e. The number of aromatic amines is 1. The Hall–Kier alpha value is -4.18. The standard InChI is InChI=1S/C29H31BrN4O5/c1-2-39-27(36)17-13-20(12-16-26(31)35)32-29(38)25(18-19-8-4-3-5-9-19)34-28(37)24-15-14-23(33-24)21-10-6-7-11-22(21)30/h3-11,13-15,17,20,25,33H,2,12,16,18H2,1H3,(H2,31,35)(H,32,38)(H,34,37)/t20-,25-/m0/s1. The molecule has 2 aromatic carbocycles. The van der Waals surface area contributed by atoms with Crippen LogP contribution in [0.5, 0.6) is 0 Å². The Bertz CT molecular complexity index is 1320. The third-order valence-electron chi connectivity index (χ3n) is 5.78. The smallest absolute Gasteiger partial charge is 0.330 e. The normalized spacial score (nSPS) is 12.5. The Labute approximate surface area is 235 Å². The number of nitrogens with one attached hydrogen (secondary N) is 3. The second-order valence-corrected chi connectivity index (χ2v) is 9.57. The number of aromatic nitrogens is 1. The van der Waals surface area contributed by atoms with Crippen LogP contribution in [-0.2, 0) is 25.5 Å². The van der Waals surface area contributed by atoms with E-state index in [-0.39, 0.29) is 25.9 Å². The number of primary amides is 1. The molecule has 3 rings (SSSR count). The van der Waals surface area contributed by atoms with Crippen LogP contribution >= 0.6 is 15.9 Å². The minimum absolute atomic E-state index is 0.00583. The first-order valence-electron chi connectivity index (χ1n) is 12.5. The van der Waals surface area contributed by atoms with Crippen LogP contribution < -0.4 is 16.4 Å². The zero-order chi connectivity index (χ0) is 28.2. The molecule has 1 heterocycles. The second-order valence-electron chi connectivity index (χ2n) is 8.71. The fraction of sp³-hybridized carbons (Fsp3) is 0.241. The van der Waals surface area contributed by atoms with Crippen LogP contribution in [0.15, 0.2) is 83.4 Å². The summed E-state index contributed by atoms with van der Waals surface area (Å²) in [7, 11) is 0. The molecule has 3 amide bonds. The number of amides is 3. The monoisotopic (exact) mass is 594 g/mol. The molecule has 2 atom stereocenters. The van der Waals surface area contributed by atoms with Crippen molar-refractivity contribution in [3.63, 3.8) is 0 Å². The number of hydrogen-bond acceptors (Lipinski definition) is 5. The third-order valence-corrected chi connectivity index (χ3v) is 6.47. The second kappa shape index (κ2) is 14.7. The third kappa shape index (κ3) is 9.26. The average Bonchev–Trinajstić information content (AvgIpc) is 3.41. The maximum absolute atomic E-state index is 13.4. The number of ether oxygens (including phenoxy) is 1. The number of hydrogen-bond donors (Lipinski definition) is 4. The van der Waals surface area contributed by atoms with Crippen molar-refractivity contribution in [1.29, 1.82) is 0 Å². The molecule has 0 fully saturated rings. The van der Waals surface area contributed by atoms with Crippen molar-refractivity contribution in [3.8, 4) is 11.3 Å². The van der Waals surface area contributed by atoms with Gasteiger partial charge < -0.3 is 26.1 Å². The first-order chi connectivity index (χ1) is 18.8. The van der Waals surface area contributed by atoms with Crippen molar-refractivity contribution in [2.45, 2.75) is 38.3 Å². The highest BCUT2D eigenvalue weighted by molar-refractivity contribution is 9.10. The molecule has 10 heteroatoms.